The number of ether oxygens (including phenoxy) is 2. The first-order valence-electron chi connectivity index (χ1n) is 7.01. The number of aliphatic hydroxyl groups excluding tert-OH is 1. The summed E-state index contributed by atoms with van der Waals surface area (Å²) >= 11 is 6.05. The number of anilines is 1. The second-order valence-corrected chi connectivity index (χ2v) is 7.13. The van der Waals surface area contributed by atoms with Crippen molar-refractivity contribution < 1.29 is 23.0 Å². The Hall–Kier alpha value is -1.96. The Morgan fingerprint density at radius 1 is 1.08 bits per heavy atom. The fourth-order valence-electron chi connectivity index (χ4n) is 2.07. The molecule has 2 aromatic rings. The Kier molecular flexibility index (Phi) is 5.58. The van der Waals surface area contributed by atoms with Crippen LogP contribution in [0.1, 0.15) is 18.6 Å². The van der Waals surface area contributed by atoms with Crippen molar-refractivity contribution in [1.29, 1.82) is 0 Å². The highest BCUT2D eigenvalue weighted by Gasteiger charge is 2.19. The second-order valence-electron chi connectivity index (χ2n) is 5.04. The minimum atomic E-state index is -3.89. The van der Waals surface area contributed by atoms with Gasteiger partial charge in [-0.1, -0.05) is 17.7 Å². The normalized spacial score (nSPS) is 12.5. The summed E-state index contributed by atoms with van der Waals surface area (Å²) in [6.45, 7) is 1.58. The zero-order valence-corrected chi connectivity index (χ0v) is 15.0. The Morgan fingerprint density at radius 2 is 1.75 bits per heavy atom. The summed E-state index contributed by atoms with van der Waals surface area (Å²) in [5.41, 5.74) is 0.731. The van der Waals surface area contributed by atoms with E-state index < -0.39 is 16.1 Å². The van der Waals surface area contributed by atoms with E-state index in [4.69, 9.17) is 21.1 Å². The van der Waals surface area contributed by atoms with Gasteiger partial charge >= 0.3 is 0 Å². The first-order valence-corrected chi connectivity index (χ1v) is 8.87. The van der Waals surface area contributed by atoms with Gasteiger partial charge in [0.25, 0.3) is 10.0 Å². The molecule has 0 saturated carbocycles. The number of aliphatic hydroxyl groups is 1. The lowest BCUT2D eigenvalue weighted by molar-refractivity contribution is 0.199. The van der Waals surface area contributed by atoms with E-state index in [1.807, 2.05) is 0 Å². The minimum absolute atomic E-state index is 0.00123. The maximum Gasteiger partial charge on any atom is 0.262 e. The first-order chi connectivity index (χ1) is 11.3. The molecule has 0 aromatic heterocycles. The average Bonchev–Trinajstić information content (AvgIpc) is 2.55. The maximum absolute atomic E-state index is 12.6. The van der Waals surface area contributed by atoms with Gasteiger partial charge in [-0.25, -0.2) is 8.42 Å². The van der Waals surface area contributed by atoms with Crippen LogP contribution < -0.4 is 14.2 Å². The third-order valence-corrected chi connectivity index (χ3v) is 5.08. The van der Waals surface area contributed by atoms with Crippen LogP contribution in [0.25, 0.3) is 0 Å². The number of hydrogen-bond donors (Lipinski definition) is 2. The minimum Gasteiger partial charge on any atom is -0.493 e. The predicted octanol–water partition coefficient (Wildman–Crippen LogP) is 3.21. The monoisotopic (exact) mass is 371 g/mol. The van der Waals surface area contributed by atoms with Crippen LogP contribution in [0.5, 0.6) is 11.5 Å². The molecule has 2 N–H and O–H groups in total. The number of halogens is 1. The Morgan fingerprint density at radius 3 is 2.33 bits per heavy atom. The molecule has 0 aliphatic rings. The molecule has 0 radical (unpaired) electrons. The van der Waals surface area contributed by atoms with Crippen LogP contribution in [-0.2, 0) is 10.0 Å². The highest BCUT2D eigenvalue weighted by atomic mass is 35.5. The van der Waals surface area contributed by atoms with Crippen molar-refractivity contribution >= 4 is 27.3 Å². The van der Waals surface area contributed by atoms with E-state index in [2.05, 4.69) is 4.72 Å². The van der Waals surface area contributed by atoms with E-state index in [1.165, 1.54) is 44.6 Å². The van der Waals surface area contributed by atoms with Crippen LogP contribution in [0.2, 0.25) is 5.02 Å². The highest BCUT2D eigenvalue weighted by molar-refractivity contribution is 7.92. The molecule has 24 heavy (non-hydrogen) atoms. The molecule has 130 valence electrons. The first kappa shape index (κ1) is 18.4. The van der Waals surface area contributed by atoms with Crippen LogP contribution in [0, 0.1) is 0 Å². The zero-order valence-electron chi connectivity index (χ0n) is 13.4. The lowest BCUT2D eigenvalue weighted by Gasteiger charge is -2.14. The van der Waals surface area contributed by atoms with Gasteiger partial charge in [0, 0.05) is 6.07 Å². The fraction of sp³-hybridized carbons (Fsp3) is 0.250. The van der Waals surface area contributed by atoms with Crippen molar-refractivity contribution in [2.75, 3.05) is 18.9 Å². The number of methoxy groups -OCH3 is 2. The number of rotatable bonds is 6. The molecule has 2 aromatic carbocycles. The Bertz CT molecular complexity index is 836. The smallest absolute Gasteiger partial charge is 0.262 e. The lowest BCUT2D eigenvalue weighted by Crippen LogP contribution is -2.14. The third-order valence-electron chi connectivity index (χ3n) is 3.38. The van der Waals surface area contributed by atoms with Gasteiger partial charge in [-0.3, -0.25) is 4.72 Å². The largest absolute Gasteiger partial charge is 0.493 e. The molecule has 0 spiro atoms. The highest BCUT2D eigenvalue weighted by Crippen LogP contribution is 2.32. The number of hydrogen-bond acceptors (Lipinski definition) is 5. The van der Waals surface area contributed by atoms with Crippen LogP contribution in [0.4, 0.5) is 5.69 Å². The van der Waals surface area contributed by atoms with Gasteiger partial charge in [0.15, 0.2) is 11.5 Å². The van der Waals surface area contributed by atoms with E-state index in [9.17, 15) is 13.5 Å². The van der Waals surface area contributed by atoms with Crippen molar-refractivity contribution in [2.45, 2.75) is 17.9 Å². The van der Waals surface area contributed by atoms with Gasteiger partial charge in [-0.15, -0.1) is 0 Å². The van der Waals surface area contributed by atoms with Crippen LogP contribution in [0.3, 0.4) is 0 Å². The average molecular weight is 372 g/mol. The van der Waals surface area contributed by atoms with Crippen LogP contribution in [-0.4, -0.2) is 27.7 Å². The summed E-state index contributed by atoms with van der Waals surface area (Å²) in [6.07, 6.45) is -0.744. The molecule has 0 aliphatic heterocycles. The molecule has 2 rings (SSSR count). The summed E-state index contributed by atoms with van der Waals surface area (Å²) in [5.74, 6) is 0.717. The molecule has 0 saturated heterocycles. The van der Waals surface area contributed by atoms with E-state index in [-0.39, 0.29) is 15.6 Å². The van der Waals surface area contributed by atoms with Crippen molar-refractivity contribution in [2.24, 2.45) is 0 Å². The number of nitrogens with one attached hydrogen (secondary N) is 1. The molecule has 6 nitrogen and oxygen atoms in total. The second kappa shape index (κ2) is 7.29. The lowest BCUT2D eigenvalue weighted by atomic mass is 10.1. The number of sulfonamides is 1. The van der Waals surface area contributed by atoms with Crippen molar-refractivity contribution in [3.63, 3.8) is 0 Å². The van der Waals surface area contributed by atoms with Crippen molar-refractivity contribution in [1.82, 2.24) is 0 Å². The van der Waals surface area contributed by atoms with Crippen molar-refractivity contribution in [3.05, 3.63) is 47.0 Å². The summed E-state index contributed by atoms with van der Waals surface area (Å²) < 4.78 is 37.8. The van der Waals surface area contributed by atoms with Gasteiger partial charge in [0.05, 0.1) is 35.9 Å². The SMILES string of the molecule is COc1ccc(S(=O)(=O)Nc2cc([C@H](C)O)ccc2Cl)cc1OC. The molecule has 0 amide bonds. The summed E-state index contributed by atoms with van der Waals surface area (Å²) in [7, 11) is -1.00. The molecular weight excluding hydrogens is 354 g/mol. The molecule has 0 bridgehead atoms. The Labute approximate surface area is 146 Å². The van der Waals surface area contributed by atoms with E-state index in [0.717, 1.165) is 0 Å². The molecule has 0 heterocycles. The zero-order chi connectivity index (χ0) is 17.9. The van der Waals surface area contributed by atoms with Gasteiger partial charge in [0.1, 0.15) is 0 Å². The quantitative estimate of drug-likeness (QED) is 0.814. The van der Waals surface area contributed by atoms with Gasteiger partial charge in [-0.2, -0.15) is 0 Å². The molecule has 1 atom stereocenters. The van der Waals surface area contributed by atoms with Gasteiger partial charge in [0.2, 0.25) is 0 Å². The van der Waals surface area contributed by atoms with Crippen molar-refractivity contribution in [3.8, 4) is 11.5 Å². The van der Waals surface area contributed by atoms with Gasteiger partial charge in [-0.05, 0) is 36.8 Å². The molecule has 0 aliphatic carbocycles. The van der Waals surface area contributed by atoms with E-state index >= 15 is 0 Å². The third kappa shape index (κ3) is 3.92. The summed E-state index contributed by atoms with van der Waals surface area (Å²) in [6, 6.07) is 8.90. The van der Waals surface area contributed by atoms with Crippen LogP contribution in [0.15, 0.2) is 41.3 Å². The number of benzene rings is 2. The molecule has 8 heteroatoms. The maximum atomic E-state index is 12.6. The topological polar surface area (TPSA) is 84.9 Å². The fourth-order valence-corrected chi connectivity index (χ4v) is 3.37. The summed E-state index contributed by atoms with van der Waals surface area (Å²) in [4.78, 5) is -0.00123. The van der Waals surface area contributed by atoms with E-state index in [1.54, 1.807) is 13.0 Å². The van der Waals surface area contributed by atoms with Gasteiger partial charge < -0.3 is 14.6 Å². The molecule has 0 unspecified atom stereocenters. The standard InChI is InChI=1S/C16H18ClNO5S/c1-10(19)11-4-6-13(17)14(8-11)18-24(20,21)12-5-7-15(22-2)16(9-12)23-3/h4-10,18-19H,1-3H3/t10-/m0/s1. The van der Waals surface area contributed by atoms with E-state index in [0.29, 0.717) is 17.1 Å². The molecular formula is C16H18ClNO5S. The Balaban J connectivity index is 2.40. The predicted molar refractivity (Wildman–Crippen MR) is 92.4 cm³/mol. The summed E-state index contributed by atoms with van der Waals surface area (Å²) in [5, 5.41) is 9.86. The van der Waals surface area contributed by atoms with Crippen LogP contribution >= 0.6 is 11.6 Å². The molecule has 0 fully saturated rings.